The van der Waals surface area contributed by atoms with Crippen LogP contribution in [-0.4, -0.2) is 39.5 Å². The van der Waals surface area contributed by atoms with E-state index in [0.29, 0.717) is 27.3 Å². The van der Waals surface area contributed by atoms with Gasteiger partial charge in [0.1, 0.15) is 0 Å². The molecule has 1 aromatic rings. The Balaban J connectivity index is 3.06. The second-order valence-corrected chi connectivity index (χ2v) is 4.77. The first-order chi connectivity index (χ1) is 10.9. The SMILES string of the molecule is COc1cc(C=NN=C(N)NOC(C)=O)c(Br)c(OC)c1OC. The van der Waals surface area contributed by atoms with Crippen LogP contribution >= 0.6 is 15.9 Å². The number of nitrogens with two attached hydrogens (primary N) is 1. The third-order valence-electron chi connectivity index (χ3n) is 2.46. The molecule has 23 heavy (non-hydrogen) atoms. The summed E-state index contributed by atoms with van der Waals surface area (Å²) in [5.74, 6) is 0.616. The van der Waals surface area contributed by atoms with Gasteiger partial charge in [0.15, 0.2) is 11.5 Å². The standard InChI is InChI=1S/C13H17BrN4O5/c1-7(19)23-18-13(15)17-16-6-8-5-9(20-2)11(21-3)12(22-4)10(8)14/h5-6H,1-4H3,(H3,15,17,18). The number of hydroxylamine groups is 1. The highest BCUT2D eigenvalue weighted by molar-refractivity contribution is 9.10. The minimum absolute atomic E-state index is 0.181. The van der Waals surface area contributed by atoms with E-state index in [1.807, 2.05) is 0 Å². The lowest BCUT2D eigenvalue weighted by molar-refractivity contribution is -0.145. The van der Waals surface area contributed by atoms with E-state index in [9.17, 15) is 4.79 Å². The zero-order valence-corrected chi connectivity index (χ0v) is 14.6. The highest BCUT2D eigenvalue weighted by Gasteiger charge is 2.18. The van der Waals surface area contributed by atoms with Gasteiger partial charge in [0.2, 0.25) is 11.7 Å². The molecule has 1 aromatic carbocycles. The van der Waals surface area contributed by atoms with Crippen LogP contribution in [0.15, 0.2) is 20.7 Å². The molecule has 0 saturated heterocycles. The number of benzene rings is 1. The maximum Gasteiger partial charge on any atom is 0.329 e. The van der Waals surface area contributed by atoms with Crippen molar-refractivity contribution >= 4 is 34.1 Å². The van der Waals surface area contributed by atoms with Crippen molar-refractivity contribution in [2.45, 2.75) is 6.92 Å². The Hall–Kier alpha value is -2.49. The van der Waals surface area contributed by atoms with Gasteiger partial charge in [-0.3, -0.25) is 4.79 Å². The van der Waals surface area contributed by atoms with Crippen LogP contribution in [-0.2, 0) is 9.63 Å². The van der Waals surface area contributed by atoms with Gasteiger partial charge in [0.05, 0.1) is 32.0 Å². The predicted molar refractivity (Wildman–Crippen MR) is 87.9 cm³/mol. The summed E-state index contributed by atoms with van der Waals surface area (Å²) < 4.78 is 16.4. The van der Waals surface area contributed by atoms with Crippen molar-refractivity contribution in [2.75, 3.05) is 21.3 Å². The number of guanidine groups is 1. The van der Waals surface area contributed by atoms with Crippen LogP contribution in [0.5, 0.6) is 17.2 Å². The third kappa shape index (κ3) is 5.02. The predicted octanol–water partition coefficient (Wildman–Crippen LogP) is 1.19. The summed E-state index contributed by atoms with van der Waals surface area (Å²) in [7, 11) is 4.51. The van der Waals surface area contributed by atoms with Gasteiger partial charge < -0.3 is 24.8 Å². The van der Waals surface area contributed by atoms with Crippen LogP contribution in [0.4, 0.5) is 0 Å². The van der Waals surface area contributed by atoms with Crippen molar-refractivity contribution in [3.63, 3.8) is 0 Å². The molecule has 0 spiro atoms. The molecule has 0 atom stereocenters. The molecule has 1 rings (SSSR count). The number of carbonyl (C=O) groups excluding carboxylic acids is 1. The second-order valence-electron chi connectivity index (χ2n) is 3.97. The largest absolute Gasteiger partial charge is 0.493 e. The highest BCUT2D eigenvalue weighted by Crippen LogP contribution is 2.44. The van der Waals surface area contributed by atoms with Crippen LogP contribution in [0.3, 0.4) is 0 Å². The molecule has 0 unspecified atom stereocenters. The average Bonchev–Trinajstić information content (AvgIpc) is 2.53. The van der Waals surface area contributed by atoms with E-state index in [4.69, 9.17) is 19.9 Å². The zero-order valence-electron chi connectivity index (χ0n) is 13.0. The van der Waals surface area contributed by atoms with Crippen LogP contribution in [0, 0.1) is 0 Å². The van der Waals surface area contributed by atoms with Gasteiger partial charge in [-0.2, -0.15) is 10.6 Å². The normalized spacial score (nSPS) is 11.3. The fourth-order valence-electron chi connectivity index (χ4n) is 1.53. The molecule has 0 radical (unpaired) electrons. The van der Waals surface area contributed by atoms with Gasteiger partial charge in [-0.1, -0.05) is 0 Å². The number of hydrogen-bond donors (Lipinski definition) is 2. The summed E-state index contributed by atoms with van der Waals surface area (Å²) in [5.41, 5.74) is 8.19. The Morgan fingerprint density at radius 1 is 1.26 bits per heavy atom. The third-order valence-corrected chi connectivity index (χ3v) is 3.28. The van der Waals surface area contributed by atoms with Gasteiger partial charge in [0, 0.05) is 12.5 Å². The Morgan fingerprint density at radius 3 is 2.43 bits per heavy atom. The van der Waals surface area contributed by atoms with E-state index < -0.39 is 5.97 Å². The average molecular weight is 389 g/mol. The monoisotopic (exact) mass is 388 g/mol. The van der Waals surface area contributed by atoms with Crippen molar-refractivity contribution in [2.24, 2.45) is 15.9 Å². The van der Waals surface area contributed by atoms with Crippen molar-refractivity contribution in [3.05, 3.63) is 16.1 Å². The van der Waals surface area contributed by atoms with Crippen LogP contribution in [0.25, 0.3) is 0 Å². The van der Waals surface area contributed by atoms with E-state index in [2.05, 4.69) is 36.5 Å². The van der Waals surface area contributed by atoms with Crippen LogP contribution in [0.2, 0.25) is 0 Å². The first kappa shape index (κ1) is 18.6. The molecule has 0 aliphatic rings. The second kappa shape index (κ2) is 8.83. The zero-order chi connectivity index (χ0) is 17.4. The van der Waals surface area contributed by atoms with Crippen molar-refractivity contribution in [1.29, 1.82) is 0 Å². The lowest BCUT2D eigenvalue weighted by Crippen LogP contribution is -2.32. The van der Waals surface area contributed by atoms with Crippen LogP contribution in [0.1, 0.15) is 12.5 Å². The molecule has 0 heterocycles. The van der Waals surface area contributed by atoms with E-state index in [-0.39, 0.29) is 5.96 Å². The topological polar surface area (TPSA) is 117 Å². The molecule has 0 saturated carbocycles. The van der Waals surface area contributed by atoms with Gasteiger partial charge in [-0.25, -0.2) is 0 Å². The summed E-state index contributed by atoms with van der Waals surface area (Å²) >= 11 is 3.40. The molecule has 0 aliphatic carbocycles. The Labute approximate surface area is 141 Å². The molecule has 0 aromatic heterocycles. The van der Waals surface area contributed by atoms with E-state index >= 15 is 0 Å². The number of methoxy groups -OCH3 is 3. The molecular formula is C13H17BrN4O5. The highest BCUT2D eigenvalue weighted by atomic mass is 79.9. The molecule has 10 heteroatoms. The molecule has 0 amide bonds. The fourth-order valence-corrected chi connectivity index (χ4v) is 2.09. The Bertz CT molecular complexity index is 633. The first-order valence-electron chi connectivity index (χ1n) is 6.22. The molecule has 0 bridgehead atoms. The summed E-state index contributed by atoms with van der Waals surface area (Å²) in [5, 5.41) is 7.42. The number of nitrogens with zero attached hydrogens (tertiary/aromatic N) is 2. The molecule has 0 fully saturated rings. The minimum atomic E-state index is -0.556. The van der Waals surface area contributed by atoms with Gasteiger partial charge in [-0.15, -0.1) is 5.10 Å². The van der Waals surface area contributed by atoms with E-state index in [0.717, 1.165) is 0 Å². The molecule has 3 N–H and O–H groups in total. The first-order valence-corrected chi connectivity index (χ1v) is 7.02. The lowest BCUT2D eigenvalue weighted by Gasteiger charge is -2.14. The molecule has 126 valence electrons. The minimum Gasteiger partial charge on any atom is -0.493 e. The summed E-state index contributed by atoms with van der Waals surface area (Å²) in [6, 6.07) is 1.68. The van der Waals surface area contributed by atoms with Crippen molar-refractivity contribution in [1.82, 2.24) is 5.48 Å². The number of rotatable bonds is 5. The number of nitrogens with one attached hydrogen (secondary N) is 1. The quantitative estimate of drug-likeness (QED) is 0.441. The van der Waals surface area contributed by atoms with Gasteiger partial charge in [0.25, 0.3) is 0 Å². The van der Waals surface area contributed by atoms with Crippen LogP contribution < -0.4 is 25.4 Å². The number of ether oxygens (including phenoxy) is 3. The molecule has 9 nitrogen and oxygen atoms in total. The summed E-state index contributed by atoms with van der Waals surface area (Å²) in [6.45, 7) is 1.22. The number of halogens is 1. The van der Waals surface area contributed by atoms with E-state index in [1.165, 1.54) is 34.5 Å². The summed E-state index contributed by atoms with van der Waals surface area (Å²) in [6.07, 6.45) is 1.41. The molecular weight excluding hydrogens is 372 g/mol. The lowest BCUT2D eigenvalue weighted by atomic mass is 10.2. The fraction of sp³-hybridized carbons (Fsp3) is 0.308. The molecule has 0 aliphatic heterocycles. The van der Waals surface area contributed by atoms with Gasteiger partial charge >= 0.3 is 5.97 Å². The number of carbonyl (C=O) groups is 1. The maximum atomic E-state index is 10.6. The smallest absolute Gasteiger partial charge is 0.329 e. The number of hydrogen-bond acceptors (Lipinski definition) is 7. The Kier molecular flexibility index (Phi) is 7.13. The summed E-state index contributed by atoms with van der Waals surface area (Å²) in [4.78, 5) is 15.1. The van der Waals surface area contributed by atoms with Crippen molar-refractivity contribution < 1.29 is 23.8 Å². The van der Waals surface area contributed by atoms with E-state index in [1.54, 1.807) is 6.07 Å². The van der Waals surface area contributed by atoms with Crippen molar-refractivity contribution in [3.8, 4) is 17.2 Å². The van der Waals surface area contributed by atoms with Gasteiger partial charge in [-0.05, 0) is 22.0 Å². The Morgan fingerprint density at radius 2 is 1.91 bits per heavy atom. The maximum absolute atomic E-state index is 10.6.